The van der Waals surface area contributed by atoms with Crippen LogP contribution in [0.3, 0.4) is 0 Å². The van der Waals surface area contributed by atoms with Gasteiger partial charge in [0.25, 0.3) is 0 Å². The Labute approximate surface area is 277 Å². The van der Waals surface area contributed by atoms with E-state index in [4.69, 9.17) is 14.5 Å². The zero-order valence-corrected chi connectivity index (χ0v) is 27.7. The Morgan fingerprint density at radius 3 is 2.58 bits per heavy atom. The third-order valence-corrected chi connectivity index (χ3v) is 10.8. The number of hydrogen-bond acceptors (Lipinski definition) is 9. The van der Waals surface area contributed by atoms with E-state index in [2.05, 4.69) is 21.9 Å². The van der Waals surface area contributed by atoms with E-state index in [9.17, 15) is 14.6 Å². The van der Waals surface area contributed by atoms with Gasteiger partial charge in [-0.15, -0.1) is 0 Å². The first-order valence-corrected chi connectivity index (χ1v) is 16.9. The van der Waals surface area contributed by atoms with Crippen LogP contribution in [0.5, 0.6) is 17.6 Å². The first-order chi connectivity index (χ1) is 23.1. The highest BCUT2D eigenvalue weighted by molar-refractivity contribution is 6.03. The number of pyridine rings is 1. The molecule has 0 radical (unpaired) electrons. The van der Waals surface area contributed by atoms with Crippen LogP contribution in [0.1, 0.15) is 57.4 Å². The number of anilines is 1. The van der Waals surface area contributed by atoms with Crippen LogP contribution < -0.4 is 14.4 Å². The molecule has 12 heteroatoms. The number of halogens is 3. The van der Waals surface area contributed by atoms with Gasteiger partial charge >= 0.3 is 6.01 Å². The summed E-state index contributed by atoms with van der Waals surface area (Å²) in [5, 5.41) is 22.7. The van der Waals surface area contributed by atoms with E-state index < -0.39 is 23.9 Å². The van der Waals surface area contributed by atoms with Crippen molar-refractivity contribution in [1.29, 1.82) is 0 Å². The molecular formula is C36H42F3N5O4. The summed E-state index contributed by atoms with van der Waals surface area (Å²) in [6, 6.07) is 6.05. The number of alkyl halides is 1. The normalized spacial score (nSPS) is 24.7. The number of likely N-dealkylation sites (tertiary alicyclic amines) is 1. The molecule has 3 fully saturated rings. The number of aryl methyl sites for hydroxylation is 1. The number of ether oxygens (including phenoxy) is 2. The van der Waals surface area contributed by atoms with Crippen LogP contribution in [0.15, 0.2) is 24.3 Å². The number of fused-ring (bicyclic) bond motifs is 3. The minimum atomic E-state index is -1.60. The molecule has 4 heterocycles. The van der Waals surface area contributed by atoms with Crippen LogP contribution in [0.25, 0.3) is 32.9 Å². The summed E-state index contributed by atoms with van der Waals surface area (Å²) in [5.41, 5.74) is -1.45. The number of β-amino-alcohol motifs (C(OH)–C–C–N with tert-alkyl or cyclic N) is 1. The maximum absolute atomic E-state index is 17.1. The average molecular weight is 666 g/mol. The molecule has 0 bridgehead atoms. The number of phenolic OH excluding ortho intramolecular Hbond substituents is 1. The molecule has 2 aliphatic heterocycles. The molecule has 3 atom stereocenters. The number of aromatic nitrogens is 3. The quantitative estimate of drug-likeness (QED) is 0.223. The number of phenols is 1. The fourth-order valence-electron chi connectivity index (χ4n) is 8.54. The number of aromatic hydroxyl groups is 1. The van der Waals surface area contributed by atoms with Gasteiger partial charge in [0.05, 0.1) is 20.3 Å². The number of rotatable bonds is 8. The van der Waals surface area contributed by atoms with Gasteiger partial charge in [0.2, 0.25) is 5.88 Å². The van der Waals surface area contributed by atoms with Crippen molar-refractivity contribution in [1.82, 2.24) is 19.9 Å². The third kappa shape index (κ3) is 5.46. The van der Waals surface area contributed by atoms with Gasteiger partial charge in [0.15, 0.2) is 5.82 Å². The Bertz CT molecular complexity index is 1880. The van der Waals surface area contributed by atoms with E-state index in [0.29, 0.717) is 48.4 Å². The summed E-state index contributed by atoms with van der Waals surface area (Å²) in [4.78, 5) is 18.1. The fourth-order valence-corrected chi connectivity index (χ4v) is 8.54. The Morgan fingerprint density at radius 1 is 1.02 bits per heavy atom. The minimum absolute atomic E-state index is 0.00777. The number of nitrogens with zero attached hydrogens (tertiary/aromatic N) is 5. The van der Waals surface area contributed by atoms with Crippen LogP contribution in [-0.2, 0) is 6.42 Å². The molecule has 3 aliphatic rings. The van der Waals surface area contributed by atoms with Crippen LogP contribution >= 0.6 is 0 Å². The van der Waals surface area contributed by atoms with Gasteiger partial charge in [-0.25, -0.2) is 18.2 Å². The highest BCUT2D eigenvalue weighted by Crippen LogP contribution is 2.48. The predicted molar refractivity (Wildman–Crippen MR) is 178 cm³/mol. The van der Waals surface area contributed by atoms with Crippen molar-refractivity contribution in [3.05, 3.63) is 41.5 Å². The summed E-state index contributed by atoms with van der Waals surface area (Å²) < 4.78 is 58.4. The number of hydrogen-bond donors (Lipinski definition) is 2. The van der Waals surface area contributed by atoms with Crippen LogP contribution in [0, 0.1) is 17.0 Å². The van der Waals surface area contributed by atoms with Crippen molar-refractivity contribution in [2.45, 2.75) is 69.9 Å². The van der Waals surface area contributed by atoms with E-state index >= 15 is 8.78 Å². The molecule has 4 aromatic rings. The summed E-state index contributed by atoms with van der Waals surface area (Å²) in [7, 11) is 3.54. The van der Waals surface area contributed by atoms with Crippen molar-refractivity contribution >= 4 is 27.5 Å². The standard InChI is InChI=1S/C36H42F3N5O4/c1-4-23-25(38)10-9-21-16-22(45)17-24(27(21)23)30-29(39)31-28(33(40-30)47-3)32(44-15-7-13-36(46,18-37)19-44)42-34(41-31)48-20-35-11-5-8-26(35)43(2)14-6-12-35/h9-10,16-17,26,45-46H,4-8,11-15,18-20H2,1-3H3. The summed E-state index contributed by atoms with van der Waals surface area (Å²) in [6.07, 6.45) is 6.32. The Morgan fingerprint density at radius 2 is 1.81 bits per heavy atom. The van der Waals surface area contributed by atoms with Crippen molar-refractivity contribution in [3.63, 3.8) is 0 Å². The Hall–Kier alpha value is -3.90. The molecule has 1 saturated carbocycles. The van der Waals surface area contributed by atoms with Crippen LogP contribution in [-0.4, -0.2) is 88.8 Å². The summed E-state index contributed by atoms with van der Waals surface area (Å²) in [6.45, 7) is 2.60. The first-order valence-electron chi connectivity index (χ1n) is 16.9. The number of benzene rings is 2. The minimum Gasteiger partial charge on any atom is -0.508 e. The number of methoxy groups -OCH3 is 1. The topological polar surface area (TPSA) is 104 Å². The molecule has 2 saturated heterocycles. The fraction of sp³-hybridized carbons (Fsp3) is 0.528. The maximum Gasteiger partial charge on any atom is 0.319 e. The lowest BCUT2D eigenvalue weighted by Crippen LogP contribution is -2.50. The molecule has 9 nitrogen and oxygen atoms in total. The third-order valence-electron chi connectivity index (χ3n) is 10.8. The average Bonchev–Trinajstić information content (AvgIpc) is 3.53. The van der Waals surface area contributed by atoms with Crippen molar-refractivity contribution in [2.75, 3.05) is 52.0 Å². The molecule has 1 aliphatic carbocycles. The zero-order valence-electron chi connectivity index (χ0n) is 27.7. The Kier molecular flexibility index (Phi) is 8.52. The lowest BCUT2D eigenvalue weighted by Gasteiger charge is -2.44. The van der Waals surface area contributed by atoms with Gasteiger partial charge in [-0.05, 0) is 93.1 Å². The second-order valence-electron chi connectivity index (χ2n) is 13.8. The zero-order chi connectivity index (χ0) is 33.8. The highest BCUT2D eigenvalue weighted by atomic mass is 19.1. The number of piperidine rings is 2. The van der Waals surface area contributed by atoms with E-state index in [0.717, 1.165) is 38.6 Å². The highest BCUT2D eigenvalue weighted by Gasteiger charge is 2.47. The number of aliphatic hydroxyl groups is 1. The molecular weight excluding hydrogens is 623 g/mol. The molecule has 2 aromatic heterocycles. The molecule has 256 valence electrons. The second-order valence-corrected chi connectivity index (χ2v) is 13.8. The van der Waals surface area contributed by atoms with Crippen LogP contribution in [0.2, 0.25) is 0 Å². The van der Waals surface area contributed by atoms with Crippen LogP contribution in [0.4, 0.5) is 19.0 Å². The van der Waals surface area contributed by atoms with Gasteiger partial charge in [-0.2, -0.15) is 9.97 Å². The van der Waals surface area contributed by atoms with E-state index in [-0.39, 0.29) is 64.0 Å². The maximum atomic E-state index is 17.1. The van der Waals surface area contributed by atoms with Gasteiger partial charge in [0.1, 0.15) is 46.3 Å². The molecule has 2 N–H and O–H groups in total. The van der Waals surface area contributed by atoms with Gasteiger partial charge in [0, 0.05) is 23.6 Å². The van der Waals surface area contributed by atoms with Crippen molar-refractivity contribution < 1.29 is 32.9 Å². The van der Waals surface area contributed by atoms with Crippen molar-refractivity contribution in [3.8, 4) is 28.9 Å². The lowest BCUT2D eigenvalue weighted by atomic mass is 9.76. The smallest absolute Gasteiger partial charge is 0.319 e. The first kappa shape index (κ1) is 32.6. The molecule has 48 heavy (non-hydrogen) atoms. The summed E-state index contributed by atoms with van der Waals surface area (Å²) in [5.74, 6) is -1.20. The van der Waals surface area contributed by atoms with E-state index in [1.54, 1.807) is 11.8 Å². The largest absolute Gasteiger partial charge is 0.508 e. The monoisotopic (exact) mass is 665 g/mol. The van der Waals surface area contributed by atoms with Gasteiger partial charge < -0.3 is 29.5 Å². The molecule has 0 amide bonds. The molecule has 3 unspecified atom stereocenters. The Balaban J connectivity index is 1.43. The second kappa shape index (κ2) is 12.5. The van der Waals surface area contributed by atoms with E-state index in [1.165, 1.54) is 31.4 Å². The lowest BCUT2D eigenvalue weighted by molar-refractivity contribution is 0.00287. The molecule has 0 spiro atoms. The predicted octanol–water partition coefficient (Wildman–Crippen LogP) is 6.34. The van der Waals surface area contributed by atoms with Crippen molar-refractivity contribution in [2.24, 2.45) is 5.41 Å². The van der Waals surface area contributed by atoms with Gasteiger partial charge in [-0.3, -0.25) is 0 Å². The molecule has 2 aromatic carbocycles. The summed E-state index contributed by atoms with van der Waals surface area (Å²) >= 11 is 0. The molecule has 7 rings (SSSR count). The van der Waals surface area contributed by atoms with Gasteiger partial charge in [-0.1, -0.05) is 19.4 Å². The van der Waals surface area contributed by atoms with E-state index in [1.807, 2.05) is 0 Å². The SMILES string of the molecule is CCc1c(F)ccc2cc(O)cc(-c3nc(OC)c4c(N5CCCC(O)(CF)C5)nc(OCC56CCCC5N(C)CCC6)nc4c3F)c12.